The third kappa shape index (κ3) is 4.45. The summed E-state index contributed by atoms with van der Waals surface area (Å²) in [5.41, 5.74) is 0.770. The number of hydrogen-bond donors (Lipinski definition) is 0. The molecule has 0 amide bonds. The quantitative estimate of drug-likeness (QED) is 0.623. The van der Waals surface area contributed by atoms with Gasteiger partial charge in [-0.1, -0.05) is 48.5 Å². The minimum absolute atomic E-state index is 0.00960. The number of rotatable bonds is 6. The number of allylic oxidation sites excluding steroid dienone is 4. The maximum absolute atomic E-state index is 12.4. The van der Waals surface area contributed by atoms with Gasteiger partial charge in [-0.25, -0.2) is 0 Å². The second kappa shape index (κ2) is 8.96. The summed E-state index contributed by atoms with van der Waals surface area (Å²) < 4.78 is 10.0. The second-order valence-corrected chi connectivity index (χ2v) is 7.30. The van der Waals surface area contributed by atoms with Crippen LogP contribution in [-0.4, -0.2) is 35.1 Å². The highest BCUT2D eigenvalue weighted by molar-refractivity contribution is 6.25. The maximum Gasteiger partial charge on any atom is 0.311 e. The molecule has 0 saturated carbocycles. The van der Waals surface area contributed by atoms with Crippen LogP contribution in [0.25, 0.3) is 0 Å². The number of benzene rings is 2. The lowest BCUT2D eigenvalue weighted by Gasteiger charge is -2.15. The van der Waals surface area contributed by atoms with Crippen LogP contribution >= 0.6 is 0 Å². The van der Waals surface area contributed by atoms with Crippen LogP contribution in [0.2, 0.25) is 0 Å². The number of carbonyl (C=O) groups excluding carboxylic acids is 6. The summed E-state index contributed by atoms with van der Waals surface area (Å²) in [6, 6.07) is 12.4. The van der Waals surface area contributed by atoms with Gasteiger partial charge < -0.3 is 9.47 Å². The van der Waals surface area contributed by atoms with Crippen LogP contribution in [0.4, 0.5) is 0 Å². The highest BCUT2D eigenvalue weighted by Gasteiger charge is 2.29. The summed E-state index contributed by atoms with van der Waals surface area (Å²) in [5.74, 6) is -4.39. The molecule has 0 radical (unpaired) electrons. The first-order valence-electron chi connectivity index (χ1n) is 10.1. The van der Waals surface area contributed by atoms with Crippen molar-refractivity contribution in [3.05, 3.63) is 94.5 Å². The van der Waals surface area contributed by atoms with E-state index in [-0.39, 0.29) is 53.0 Å². The highest BCUT2D eigenvalue weighted by Crippen LogP contribution is 2.24. The molecule has 0 saturated heterocycles. The van der Waals surface area contributed by atoms with Crippen LogP contribution in [0.5, 0.6) is 0 Å². The zero-order valence-corrected chi connectivity index (χ0v) is 17.2. The molecule has 0 atom stereocenters. The van der Waals surface area contributed by atoms with E-state index in [0.29, 0.717) is 0 Å². The molecule has 8 heteroatoms. The number of hydrogen-bond acceptors (Lipinski definition) is 8. The summed E-state index contributed by atoms with van der Waals surface area (Å²) in [5, 5.41) is 0. The molecule has 2 aromatic carbocycles. The zero-order chi connectivity index (χ0) is 23.5. The molecule has 33 heavy (non-hydrogen) atoms. The molecule has 0 N–H and O–H groups in total. The van der Waals surface area contributed by atoms with Gasteiger partial charge in [0, 0.05) is 47.2 Å². The molecular formula is C25H16O8. The van der Waals surface area contributed by atoms with Gasteiger partial charge in [-0.15, -0.1) is 0 Å². The SMILES string of the molecule is O=C(CCCC(=O)OC1=CC(=O)c2ccccc2C1=O)OC1=CC(=O)c2ccccc2C1=O. The summed E-state index contributed by atoms with van der Waals surface area (Å²) in [7, 11) is 0. The van der Waals surface area contributed by atoms with E-state index in [1.165, 1.54) is 24.3 Å². The summed E-state index contributed by atoms with van der Waals surface area (Å²) in [4.78, 5) is 73.2. The summed E-state index contributed by atoms with van der Waals surface area (Å²) >= 11 is 0. The van der Waals surface area contributed by atoms with Gasteiger partial charge in [0.05, 0.1) is 0 Å². The molecular weight excluding hydrogens is 428 g/mol. The van der Waals surface area contributed by atoms with Crippen molar-refractivity contribution in [3.8, 4) is 0 Å². The molecule has 0 aromatic heterocycles. The van der Waals surface area contributed by atoms with Crippen molar-refractivity contribution < 1.29 is 38.2 Å². The zero-order valence-electron chi connectivity index (χ0n) is 17.2. The molecule has 2 aromatic rings. The molecule has 0 unspecified atom stereocenters. The maximum atomic E-state index is 12.4. The molecule has 0 fully saturated rings. The minimum Gasteiger partial charge on any atom is -0.422 e. The Balaban J connectivity index is 1.29. The molecule has 164 valence electrons. The fourth-order valence-electron chi connectivity index (χ4n) is 3.46. The van der Waals surface area contributed by atoms with Crippen molar-refractivity contribution >= 4 is 35.1 Å². The Hall–Kier alpha value is -4.46. The van der Waals surface area contributed by atoms with Crippen LogP contribution in [-0.2, 0) is 19.1 Å². The summed E-state index contributed by atoms with van der Waals surface area (Å²) in [6.07, 6.45) is 1.48. The van der Waals surface area contributed by atoms with Crippen LogP contribution in [0.15, 0.2) is 72.2 Å². The lowest BCUT2D eigenvalue weighted by Crippen LogP contribution is -2.21. The fourth-order valence-corrected chi connectivity index (χ4v) is 3.46. The van der Waals surface area contributed by atoms with Gasteiger partial charge >= 0.3 is 11.9 Å². The predicted octanol–water partition coefficient (Wildman–Crippen LogP) is 3.17. The fraction of sp³-hybridized carbons (Fsp3) is 0.120. The molecule has 8 nitrogen and oxygen atoms in total. The Morgan fingerprint density at radius 1 is 0.576 bits per heavy atom. The average molecular weight is 444 g/mol. The van der Waals surface area contributed by atoms with Gasteiger partial charge in [-0.05, 0) is 6.42 Å². The predicted molar refractivity (Wildman–Crippen MR) is 112 cm³/mol. The van der Waals surface area contributed by atoms with E-state index in [9.17, 15) is 28.8 Å². The monoisotopic (exact) mass is 444 g/mol. The molecule has 0 spiro atoms. The van der Waals surface area contributed by atoms with Crippen LogP contribution in [0, 0.1) is 0 Å². The Kier molecular flexibility index (Phi) is 5.91. The number of carbonyl (C=O) groups is 6. The van der Waals surface area contributed by atoms with Gasteiger partial charge in [0.2, 0.25) is 11.6 Å². The largest absolute Gasteiger partial charge is 0.422 e. The van der Waals surface area contributed by atoms with Crippen LogP contribution < -0.4 is 0 Å². The van der Waals surface area contributed by atoms with E-state index in [1.54, 1.807) is 24.3 Å². The van der Waals surface area contributed by atoms with Gasteiger partial charge in [0.1, 0.15) is 0 Å². The van der Waals surface area contributed by atoms with Crippen molar-refractivity contribution in [3.63, 3.8) is 0 Å². The normalized spacial score (nSPS) is 14.7. The Bertz CT molecular complexity index is 1200. The topological polar surface area (TPSA) is 121 Å². The molecule has 0 heterocycles. The summed E-state index contributed by atoms with van der Waals surface area (Å²) in [6.45, 7) is 0. The minimum atomic E-state index is -0.799. The van der Waals surface area contributed by atoms with E-state index in [4.69, 9.17) is 9.47 Å². The third-order valence-electron chi connectivity index (χ3n) is 5.06. The molecule has 2 aliphatic carbocycles. The number of fused-ring (bicyclic) bond motifs is 2. The van der Waals surface area contributed by atoms with Crippen molar-refractivity contribution in [2.75, 3.05) is 0 Å². The van der Waals surface area contributed by atoms with Crippen LogP contribution in [0.3, 0.4) is 0 Å². The van der Waals surface area contributed by atoms with E-state index < -0.39 is 35.1 Å². The average Bonchev–Trinajstić information content (AvgIpc) is 2.80. The first-order valence-corrected chi connectivity index (χ1v) is 10.1. The van der Waals surface area contributed by atoms with E-state index in [0.717, 1.165) is 12.2 Å². The molecule has 4 rings (SSSR count). The van der Waals surface area contributed by atoms with Crippen molar-refractivity contribution in [1.29, 1.82) is 0 Å². The van der Waals surface area contributed by atoms with E-state index >= 15 is 0 Å². The highest BCUT2D eigenvalue weighted by atomic mass is 16.5. The first-order chi connectivity index (χ1) is 15.8. The number of ether oxygens (including phenoxy) is 2. The Morgan fingerprint density at radius 3 is 1.33 bits per heavy atom. The standard InChI is InChI=1S/C25H16O8/c26-18-12-20(24(30)16-8-3-1-6-14(16)18)32-22(28)10-5-11-23(29)33-21-13-19(27)15-7-2-4-9-17(15)25(21)31/h1-4,6-9,12-13H,5,10-11H2. The lowest BCUT2D eigenvalue weighted by molar-refractivity contribution is -0.140. The van der Waals surface area contributed by atoms with Crippen molar-refractivity contribution in [1.82, 2.24) is 0 Å². The first kappa shape index (κ1) is 21.8. The number of esters is 2. The van der Waals surface area contributed by atoms with E-state index in [2.05, 4.69) is 0 Å². The van der Waals surface area contributed by atoms with Gasteiger partial charge in [0.25, 0.3) is 0 Å². The van der Waals surface area contributed by atoms with Gasteiger partial charge in [0.15, 0.2) is 23.1 Å². The lowest BCUT2D eigenvalue weighted by atomic mass is 9.94. The Morgan fingerprint density at radius 2 is 0.939 bits per heavy atom. The third-order valence-corrected chi connectivity index (χ3v) is 5.06. The Labute approximate surface area is 187 Å². The van der Waals surface area contributed by atoms with E-state index in [1.807, 2.05) is 0 Å². The van der Waals surface area contributed by atoms with Crippen LogP contribution in [0.1, 0.15) is 60.7 Å². The molecule has 2 aliphatic rings. The van der Waals surface area contributed by atoms with Crippen molar-refractivity contribution in [2.24, 2.45) is 0 Å². The van der Waals surface area contributed by atoms with Gasteiger partial charge in [-0.2, -0.15) is 0 Å². The molecule has 0 bridgehead atoms. The van der Waals surface area contributed by atoms with Crippen molar-refractivity contribution in [2.45, 2.75) is 19.3 Å². The number of Topliss-reactive ketones (excluding diaryl/α,β-unsaturated/α-hetero) is 2. The molecule has 0 aliphatic heterocycles. The van der Waals surface area contributed by atoms with Gasteiger partial charge in [-0.3, -0.25) is 28.8 Å². The second-order valence-electron chi connectivity index (χ2n) is 7.30. The number of ketones is 4. The smallest absolute Gasteiger partial charge is 0.311 e.